The Kier molecular flexibility index (Phi) is 7.97. The molecule has 0 bridgehead atoms. The van der Waals surface area contributed by atoms with Gasteiger partial charge in [0.15, 0.2) is 5.11 Å². The van der Waals surface area contributed by atoms with Gasteiger partial charge in [-0.05, 0) is 62.9 Å². The van der Waals surface area contributed by atoms with Crippen molar-refractivity contribution < 1.29 is 4.79 Å². The maximum Gasteiger partial charge on any atom is 0.275 e. The molecule has 0 atom stereocenters. The van der Waals surface area contributed by atoms with Gasteiger partial charge in [0.1, 0.15) is 5.69 Å². The number of para-hydroxylation sites is 2. The molecule has 1 aromatic heterocycles. The Hall–Kier alpha value is -2.19. The van der Waals surface area contributed by atoms with E-state index in [1.807, 2.05) is 23.6 Å². The summed E-state index contributed by atoms with van der Waals surface area (Å²) in [6.45, 7) is 7.03. The van der Waals surface area contributed by atoms with E-state index in [-0.39, 0.29) is 5.91 Å². The third-order valence-electron chi connectivity index (χ3n) is 6.26. The minimum atomic E-state index is -0.126. The van der Waals surface area contributed by atoms with Crippen LogP contribution in [-0.2, 0) is 0 Å². The van der Waals surface area contributed by atoms with Crippen LogP contribution in [0.3, 0.4) is 0 Å². The average molecular weight is 472 g/mol. The van der Waals surface area contributed by atoms with Crippen molar-refractivity contribution >= 4 is 45.9 Å². The van der Waals surface area contributed by atoms with E-state index in [2.05, 4.69) is 33.4 Å². The second-order valence-corrected chi connectivity index (χ2v) is 9.86. The summed E-state index contributed by atoms with van der Waals surface area (Å²) in [5.41, 5.74) is 2.49. The van der Waals surface area contributed by atoms with Gasteiger partial charge in [0, 0.05) is 44.0 Å². The van der Waals surface area contributed by atoms with Crippen LogP contribution in [0.25, 0.3) is 0 Å². The molecule has 32 heavy (non-hydrogen) atoms. The van der Waals surface area contributed by atoms with Crippen molar-refractivity contribution in [3.05, 3.63) is 40.3 Å². The number of hydrogen-bond donors (Lipinski definition) is 2. The summed E-state index contributed by atoms with van der Waals surface area (Å²) in [7, 11) is 0. The number of thiazole rings is 1. The van der Waals surface area contributed by atoms with E-state index in [1.54, 1.807) is 11.3 Å². The lowest BCUT2D eigenvalue weighted by atomic mass is 9.98. The standard InChI is InChI=1S/C24H33N5OS2/c1-2-12-25-24(31)29-15-10-18(11-16-29)23-27-20(17-32-23)22(30)26-19-8-4-5-9-21(19)28-13-6-3-7-14-28/h4-5,8-9,17-18H,2-3,6-7,10-16H2,1H3,(H,25,31)(H,26,30). The Morgan fingerprint density at radius 1 is 1.16 bits per heavy atom. The zero-order chi connectivity index (χ0) is 22.3. The third-order valence-corrected chi connectivity index (χ3v) is 7.67. The molecule has 0 spiro atoms. The zero-order valence-corrected chi connectivity index (χ0v) is 20.4. The van der Waals surface area contributed by atoms with Crippen LogP contribution in [0.4, 0.5) is 11.4 Å². The van der Waals surface area contributed by atoms with Gasteiger partial charge < -0.3 is 20.4 Å². The number of carbonyl (C=O) groups is 1. The zero-order valence-electron chi connectivity index (χ0n) is 18.8. The van der Waals surface area contributed by atoms with E-state index in [4.69, 9.17) is 17.2 Å². The van der Waals surface area contributed by atoms with Gasteiger partial charge in [-0.1, -0.05) is 19.1 Å². The van der Waals surface area contributed by atoms with Gasteiger partial charge in [0.2, 0.25) is 0 Å². The minimum absolute atomic E-state index is 0.126. The van der Waals surface area contributed by atoms with Crippen molar-refractivity contribution in [2.24, 2.45) is 0 Å². The highest BCUT2D eigenvalue weighted by molar-refractivity contribution is 7.80. The molecule has 2 N–H and O–H groups in total. The molecule has 0 unspecified atom stereocenters. The van der Waals surface area contributed by atoms with Crippen LogP contribution in [0.1, 0.15) is 66.9 Å². The highest BCUT2D eigenvalue weighted by atomic mass is 32.1. The summed E-state index contributed by atoms with van der Waals surface area (Å²) in [5, 5.41) is 10.2. The van der Waals surface area contributed by atoms with Crippen molar-refractivity contribution in [2.75, 3.05) is 42.9 Å². The Balaban J connectivity index is 1.35. The molecule has 2 aliphatic rings. The predicted molar refractivity (Wildman–Crippen MR) is 137 cm³/mol. The monoisotopic (exact) mass is 471 g/mol. The summed E-state index contributed by atoms with van der Waals surface area (Å²) >= 11 is 7.10. The first kappa shape index (κ1) is 23.0. The number of piperidine rings is 2. The summed E-state index contributed by atoms with van der Waals surface area (Å²) < 4.78 is 0. The fraction of sp³-hybridized carbons (Fsp3) is 0.542. The summed E-state index contributed by atoms with van der Waals surface area (Å²) in [6.07, 6.45) is 6.79. The van der Waals surface area contributed by atoms with E-state index in [0.717, 1.165) is 73.5 Å². The number of amides is 1. The van der Waals surface area contributed by atoms with E-state index >= 15 is 0 Å². The topological polar surface area (TPSA) is 60.5 Å². The minimum Gasteiger partial charge on any atom is -0.370 e. The van der Waals surface area contributed by atoms with Gasteiger partial charge in [-0.3, -0.25) is 4.79 Å². The van der Waals surface area contributed by atoms with Crippen LogP contribution in [0.2, 0.25) is 0 Å². The lowest BCUT2D eigenvalue weighted by molar-refractivity contribution is 0.102. The molecule has 3 heterocycles. The third kappa shape index (κ3) is 5.59. The molecule has 0 radical (unpaired) electrons. The molecule has 0 aliphatic carbocycles. The van der Waals surface area contributed by atoms with Gasteiger partial charge in [-0.2, -0.15) is 0 Å². The van der Waals surface area contributed by atoms with Crippen molar-refractivity contribution in [3.63, 3.8) is 0 Å². The van der Waals surface area contributed by atoms with Crippen molar-refractivity contribution in [2.45, 2.75) is 51.4 Å². The summed E-state index contributed by atoms with van der Waals surface area (Å²) in [4.78, 5) is 22.3. The maximum absolute atomic E-state index is 13.0. The second-order valence-electron chi connectivity index (χ2n) is 8.58. The molecule has 8 heteroatoms. The van der Waals surface area contributed by atoms with Gasteiger partial charge >= 0.3 is 0 Å². The maximum atomic E-state index is 13.0. The normalized spacial score (nSPS) is 17.3. The van der Waals surface area contributed by atoms with Crippen molar-refractivity contribution in [3.8, 4) is 0 Å². The summed E-state index contributed by atoms with van der Waals surface area (Å²) in [5.74, 6) is 0.270. The van der Waals surface area contributed by atoms with Crippen LogP contribution in [-0.4, -0.2) is 53.6 Å². The molecular weight excluding hydrogens is 438 g/mol. The quantitative estimate of drug-likeness (QED) is 0.588. The fourth-order valence-electron chi connectivity index (χ4n) is 4.43. The van der Waals surface area contributed by atoms with Crippen LogP contribution in [0.5, 0.6) is 0 Å². The first-order chi connectivity index (χ1) is 15.7. The van der Waals surface area contributed by atoms with Crippen LogP contribution in [0.15, 0.2) is 29.6 Å². The molecule has 1 aromatic carbocycles. The number of likely N-dealkylation sites (tertiary alicyclic amines) is 1. The van der Waals surface area contributed by atoms with Gasteiger partial charge in [-0.15, -0.1) is 11.3 Å². The lowest BCUT2D eigenvalue weighted by Crippen LogP contribution is -2.44. The lowest BCUT2D eigenvalue weighted by Gasteiger charge is -2.33. The molecular formula is C24H33N5OS2. The first-order valence-electron chi connectivity index (χ1n) is 11.8. The van der Waals surface area contributed by atoms with E-state index in [9.17, 15) is 4.79 Å². The Labute approximate surface area is 200 Å². The molecule has 6 nitrogen and oxygen atoms in total. The summed E-state index contributed by atoms with van der Waals surface area (Å²) in [6, 6.07) is 8.10. The van der Waals surface area contributed by atoms with Gasteiger partial charge in [0.25, 0.3) is 5.91 Å². The Morgan fingerprint density at radius 3 is 2.66 bits per heavy atom. The fourth-order valence-corrected chi connectivity index (χ4v) is 5.68. The Bertz CT molecular complexity index is 917. The molecule has 2 fully saturated rings. The SMILES string of the molecule is CCCNC(=S)N1CCC(c2nc(C(=O)Nc3ccccc3N3CCCCC3)cs2)CC1. The van der Waals surface area contributed by atoms with Gasteiger partial charge in [0.05, 0.1) is 16.4 Å². The highest BCUT2D eigenvalue weighted by Gasteiger charge is 2.25. The van der Waals surface area contributed by atoms with E-state index in [0.29, 0.717) is 11.6 Å². The highest BCUT2D eigenvalue weighted by Crippen LogP contribution is 2.32. The second kappa shape index (κ2) is 11.1. The molecule has 0 saturated carbocycles. The average Bonchev–Trinajstić information content (AvgIpc) is 3.34. The predicted octanol–water partition coefficient (Wildman–Crippen LogP) is 4.85. The van der Waals surface area contributed by atoms with Gasteiger partial charge in [-0.25, -0.2) is 4.98 Å². The smallest absolute Gasteiger partial charge is 0.275 e. The van der Waals surface area contributed by atoms with Crippen LogP contribution < -0.4 is 15.5 Å². The number of anilines is 2. The number of hydrogen-bond acceptors (Lipinski definition) is 5. The molecule has 1 amide bonds. The van der Waals surface area contributed by atoms with Crippen molar-refractivity contribution in [1.29, 1.82) is 0 Å². The first-order valence-corrected chi connectivity index (χ1v) is 13.1. The number of thiocarbonyl (C=S) groups is 1. The molecule has 172 valence electrons. The van der Waals surface area contributed by atoms with Crippen LogP contribution in [0, 0.1) is 0 Å². The molecule has 2 aromatic rings. The number of carbonyl (C=O) groups excluding carboxylic acids is 1. The molecule has 4 rings (SSSR count). The van der Waals surface area contributed by atoms with Crippen molar-refractivity contribution in [1.82, 2.24) is 15.2 Å². The molecule has 2 saturated heterocycles. The van der Waals surface area contributed by atoms with Crippen LogP contribution >= 0.6 is 23.6 Å². The number of rotatable bonds is 6. The number of aromatic nitrogens is 1. The molecule has 2 aliphatic heterocycles. The number of nitrogens with zero attached hydrogens (tertiary/aromatic N) is 3. The number of nitrogens with one attached hydrogen (secondary N) is 2. The number of benzene rings is 1. The largest absolute Gasteiger partial charge is 0.370 e. The Morgan fingerprint density at radius 2 is 1.91 bits per heavy atom. The van der Waals surface area contributed by atoms with E-state index in [1.165, 1.54) is 19.3 Å². The van der Waals surface area contributed by atoms with E-state index < -0.39 is 0 Å².